The van der Waals surface area contributed by atoms with Crippen molar-refractivity contribution >= 4 is 46.6 Å². The summed E-state index contributed by atoms with van der Waals surface area (Å²) in [6.07, 6.45) is 2.38. The topological polar surface area (TPSA) is 138 Å². The number of fused-ring (bicyclic) bond motifs is 1. The molecule has 12 nitrogen and oxygen atoms in total. The van der Waals surface area contributed by atoms with E-state index in [1.54, 1.807) is 24.3 Å². The van der Waals surface area contributed by atoms with Gasteiger partial charge >= 0.3 is 0 Å². The highest BCUT2D eigenvalue weighted by molar-refractivity contribution is 6.31. The predicted octanol–water partition coefficient (Wildman–Crippen LogP) is 5.76. The molecule has 0 bridgehead atoms. The lowest BCUT2D eigenvalue weighted by molar-refractivity contribution is -0.164. The van der Waals surface area contributed by atoms with E-state index in [1.807, 2.05) is 29.2 Å². The van der Waals surface area contributed by atoms with E-state index in [2.05, 4.69) is 54.2 Å². The van der Waals surface area contributed by atoms with E-state index in [-0.39, 0.29) is 65.6 Å². The number of hydrogen-bond acceptors (Lipinski definition) is 9. The normalized spacial score (nSPS) is 24.3. The smallest absolute Gasteiger partial charge is 0.255 e. The van der Waals surface area contributed by atoms with Crippen molar-refractivity contribution in [3.05, 3.63) is 87.7 Å². The first-order valence-electron chi connectivity index (χ1n) is 20.6. The fourth-order valence-corrected chi connectivity index (χ4v) is 10.6. The first-order chi connectivity index (χ1) is 28.1. The molecule has 1 saturated carbocycles. The first kappa shape index (κ1) is 40.6. The van der Waals surface area contributed by atoms with Crippen molar-refractivity contribution in [2.45, 2.75) is 78.1 Å². The Morgan fingerprint density at radius 3 is 2.27 bits per heavy atom. The highest BCUT2D eigenvalue weighted by Gasteiger charge is 2.64. The van der Waals surface area contributed by atoms with Gasteiger partial charge < -0.3 is 24.8 Å². The summed E-state index contributed by atoms with van der Waals surface area (Å²) >= 11 is 6.25. The van der Waals surface area contributed by atoms with Gasteiger partial charge in [0, 0.05) is 98.5 Å². The molecule has 1 unspecified atom stereocenters. The lowest BCUT2D eigenvalue weighted by atomic mass is 9.49. The van der Waals surface area contributed by atoms with Crippen molar-refractivity contribution < 1.29 is 28.3 Å². The van der Waals surface area contributed by atoms with Crippen LogP contribution in [0.3, 0.4) is 0 Å². The number of benzene rings is 3. The molecule has 3 aromatic carbocycles. The number of imide groups is 1. The van der Waals surface area contributed by atoms with Gasteiger partial charge in [-0.1, -0.05) is 39.3 Å². The van der Waals surface area contributed by atoms with E-state index < -0.39 is 17.8 Å². The van der Waals surface area contributed by atoms with Gasteiger partial charge in [0.15, 0.2) is 0 Å². The zero-order valence-electron chi connectivity index (χ0n) is 34.0. The second kappa shape index (κ2) is 15.8. The number of carbonyl (C=O) groups is 4. The van der Waals surface area contributed by atoms with Crippen LogP contribution in [0.2, 0.25) is 5.02 Å². The third-order valence-electron chi connectivity index (χ3n) is 13.4. The maximum atomic E-state index is 15.4. The summed E-state index contributed by atoms with van der Waals surface area (Å²) in [5.74, 6) is -0.591. The molecule has 5 aliphatic rings. The molecular weight excluding hydrogens is 773 g/mol. The number of carbonyl (C=O) groups excluding carboxylic acids is 4. The van der Waals surface area contributed by atoms with Crippen LogP contribution in [0.1, 0.15) is 85.2 Å². The molecule has 4 amide bonds. The van der Waals surface area contributed by atoms with Gasteiger partial charge in [-0.3, -0.25) is 29.4 Å². The Morgan fingerprint density at radius 1 is 0.932 bits per heavy atom. The van der Waals surface area contributed by atoms with Crippen LogP contribution in [0.25, 0.3) is 0 Å². The number of anilines is 2. The molecule has 3 saturated heterocycles. The van der Waals surface area contributed by atoms with Crippen molar-refractivity contribution in [1.82, 2.24) is 20.4 Å². The quantitative estimate of drug-likeness (QED) is 0.258. The highest BCUT2D eigenvalue weighted by Crippen LogP contribution is 2.55. The van der Waals surface area contributed by atoms with Crippen LogP contribution in [-0.4, -0.2) is 97.4 Å². The fraction of sp³-hybridized carbons (Fsp3) is 0.489. The summed E-state index contributed by atoms with van der Waals surface area (Å²) in [4.78, 5) is 59.0. The third-order valence-corrected chi connectivity index (χ3v) is 13.7. The third kappa shape index (κ3) is 7.73. The van der Waals surface area contributed by atoms with Crippen LogP contribution in [-0.2, 0) is 16.1 Å². The number of nitrogens with zero attached hydrogens (tertiary/aromatic N) is 5. The monoisotopic (exact) mass is 823 g/mol. The van der Waals surface area contributed by atoms with Gasteiger partial charge in [-0.05, 0) is 79.3 Å². The van der Waals surface area contributed by atoms with Gasteiger partial charge in [-0.25, -0.2) is 4.39 Å². The lowest BCUT2D eigenvalue weighted by Gasteiger charge is -2.63. The molecular formula is C45H51ClFN7O5. The number of amides is 4. The number of rotatable bonds is 9. The fourth-order valence-electron chi connectivity index (χ4n) is 10.4. The van der Waals surface area contributed by atoms with Gasteiger partial charge in [0.25, 0.3) is 11.8 Å². The number of nitrogens with one attached hydrogen (secondary N) is 2. The Kier molecular flexibility index (Phi) is 10.8. The Labute approximate surface area is 349 Å². The van der Waals surface area contributed by atoms with Crippen molar-refractivity contribution in [3.63, 3.8) is 0 Å². The number of piperazine rings is 1. The molecule has 0 spiro atoms. The number of hydrogen-bond donors (Lipinski definition) is 2. The molecule has 0 radical (unpaired) electrons. The molecule has 1 atom stereocenters. The van der Waals surface area contributed by atoms with Gasteiger partial charge in [0.1, 0.15) is 29.8 Å². The molecule has 4 heterocycles. The minimum Gasteiger partial charge on any atom is -0.489 e. The maximum Gasteiger partial charge on any atom is 0.255 e. The summed E-state index contributed by atoms with van der Waals surface area (Å²) in [7, 11) is 0. The van der Waals surface area contributed by atoms with Crippen molar-refractivity contribution in [2.24, 2.45) is 16.7 Å². The lowest BCUT2D eigenvalue weighted by Crippen LogP contribution is -2.74. The average Bonchev–Trinajstić information content (AvgIpc) is 3.53. The summed E-state index contributed by atoms with van der Waals surface area (Å²) in [5.41, 5.74) is 2.88. The summed E-state index contributed by atoms with van der Waals surface area (Å²) in [6, 6.07) is 17.2. The maximum absolute atomic E-state index is 15.4. The minimum atomic E-state index is -0.729. The van der Waals surface area contributed by atoms with Gasteiger partial charge in [-0.2, -0.15) is 5.26 Å². The van der Waals surface area contributed by atoms with Crippen molar-refractivity contribution in [2.75, 3.05) is 55.6 Å². The summed E-state index contributed by atoms with van der Waals surface area (Å²) < 4.78 is 21.8. The number of nitriles is 1. The zero-order valence-corrected chi connectivity index (χ0v) is 34.8. The number of piperidine rings is 2. The molecule has 0 aromatic heterocycles. The molecule has 310 valence electrons. The number of halogens is 2. The van der Waals surface area contributed by atoms with Gasteiger partial charge in [-0.15, -0.1) is 0 Å². The Hall–Kier alpha value is -5.19. The standard InChI is InChI=1S/C45H51ClFN7O5/c1-44(2)42(45(3,4)43(44)59-32-10-7-29(24-48)34(46)22-32)50-39(56)28-5-8-31(9-6-28)52-15-13-27(14-16-52)25-51-17-19-53(20-18-51)37-21-30-26-54(41(58)33(30)23-35(37)47)36-11-12-38(55)49-40(36)57/h5-10,21-23,27,36,42-43H,11-20,25-26H2,1-4H3,(H,50,56)(H,49,55,57)/t36?,42-,43-. The summed E-state index contributed by atoms with van der Waals surface area (Å²) in [6.45, 7) is 14.4. The van der Waals surface area contributed by atoms with E-state index in [1.165, 1.54) is 11.0 Å². The summed E-state index contributed by atoms with van der Waals surface area (Å²) in [5, 5.41) is 15.2. The molecule has 2 N–H and O–H groups in total. The van der Waals surface area contributed by atoms with Crippen molar-refractivity contribution in [1.29, 1.82) is 5.26 Å². The Balaban J connectivity index is 0.791. The van der Waals surface area contributed by atoms with Crippen LogP contribution in [0.15, 0.2) is 54.6 Å². The first-order valence-corrected chi connectivity index (χ1v) is 21.0. The second-order valence-electron chi connectivity index (χ2n) is 17.9. The van der Waals surface area contributed by atoms with E-state index >= 15 is 4.39 Å². The second-order valence-corrected chi connectivity index (χ2v) is 18.3. The van der Waals surface area contributed by atoms with Crippen LogP contribution >= 0.6 is 11.6 Å². The molecule has 8 rings (SSSR count). The Bertz CT molecular complexity index is 2190. The number of ether oxygens (including phenoxy) is 1. The molecule has 59 heavy (non-hydrogen) atoms. The van der Waals surface area contributed by atoms with Crippen molar-refractivity contribution in [3.8, 4) is 11.8 Å². The highest BCUT2D eigenvalue weighted by atomic mass is 35.5. The van der Waals surface area contributed by atoms with E-state index in [4.69, 9.17) is 16.3 Å². The zero-order chi connectivity index (χ0) is 41.8. The van der Waals surface area contributed by atoms with Crippen LogP contribution < -0.4 is 25.2 Å². The minimum absolute atomic E-state index is 0.119. The van der Waals surface area contributed by atoms with Crippen LogP contribution in [0.4, 0.5) is 15.8 Å². The molecule has 14 heteroatoms. The predicted molar refractivity (Wildman–Crippen MR) is 222 cm³/mol. The largest absolute Gasteiger partial charge is 0.489 e. The Morgan fingerprint density at radius 2 is 1.63 bits per heavy atom. The van der Waals surface area contributed by atoms with E-state index in [0.717, 1.165) is 51.3 Å². The average molecular weight is 824 g/mol. The molecule has 4 aliphatic heterocycles. The molecule has 4 fully saturated rings. The van der Waals surface area contributed by atoms with Crippen LogP contribution in [0, 0.1) is 33.9 Å². The van der Waals surface area contributed by atoms with Gasteiger partial charge in [0.2, 0.25) is 11.8 Å². The van der Waals surface area contributed by atoms with E-state index in [0.29, 0.717) is 52.2 Å². The van der Waals surface area contributed by atoms with Crippen LogP contribution in [0.5, 0.6) is 5.75 Å². The molecule has 3 aromatic rings. The molecule has 1 aliphatic carbocycles. The SMILES string of the molecule is CC1(C)[C@H](NC(=O)c2ccc(N3CCC(CN4CCN(c5cc6c(cc5F)C(=O)N(C5CCC(=O)NC5=O)C6)CC4)CC3)cc2)C(C)(C)[C@H]1Oc1ccc(C#N)c(Cl)c1. The van der Waals surface area contributed by atoms with E-state index in [9.17, 15) is 24.4 Å². The van der Waals surface area contributed by atoms with Gasteiger partial charge in [0.05, 0.1) is 16.3 Å².